The third-order valence-electron chi connectivity index (χ3n) is 2.68. The third-order valence-corrected chi connectivity index (χ3v) is 3.72. The highest BCUT2D eigenvalue weighted by Crippen LogP contribution is 2.22. The highest BCUT2D eigenvalue weighted by molar-refractivity contribution is 7.99. The maximum absolute atomic E-state index is 5.79. The topological polar surface area (TPSA) is 26.0 Å². The maximum Gasteiger partial charge on any atom is 0.00719 e. The molecule has 0 aliphatic carbocycles. The molecule has 0 aliphatic heterocycles. The van der Waals surface area contributed by atoms with Gasteiger partial charge in [-0.05, 0) is 49.1 Å². The van der Waals surface area contributed by atoms with E-state index in [1.807, 2.05) is 11.8 Å². The fraction of sp³-hybridized carbons (Fsp3) is 0.571. The molecule has 0 saturated heterocycles. The van der Waals surface area contributed by atoms with E-state index in [2.05, 4.69) is 44.2 Å². The molecule has 0 bridgehead atoms. The van der Waals surface area contributed by atoms with Crippen LogP contribution in [0.2, 0.25) is 0 Å². The van der Waals surface area contributed by atoms with E-state index in [0.29, 0.717) is 5.92 Å². The number of hydrogen-bond donors (Lipinski definition) is 1. The monoisotopic (exact) mass is 237 g/mol. The molecule has 0 radical (unpaired) electrons. The number of nitrogens with two attached hydrogens (primary N) is 1. The molecule has 1 aromatic carbocycles. The zero-order valence-corrected chi connectivity index (χ0v) is 11.2. The first-order chi connectivity index (χ1) is 7.72. The molecule has 1 atom stereocenters. The van der Waals surface area contributed by atoms with Crippen molar-refractivity contribution in [2.24, 2.45) is 17.6 Å². The van der Waals surface area contributed by atoms with Gasteiger partial charge in [0.1, 0.15) is 0 Å². The smallest absolute Gasteiger partial charge is 0.00719 e. The van der Waals surface area contributed by atoms with Crippen LogP contribution >= 0.6 is 11.8 Å². The molecule has 0 amide bonds. The largest absolute Gasteiger partial charge is 0.330 e. The lowest BCUT2D eigenvalue weighted by Gasteiger charge is -2.16. The zero-order chi connectivity index (χ0) is 11.8. The number of hydrogen-bond acceptors (Lipinski definition) is 2. The summed E-state index contributed by atoms with van der Waals surface area (Å²) in [5.41, 5.74) is 5.79. The van der Waals surface area contributed by atoms with Gasteiger partial charge in [-0.25, -0.2) is 0 Å². The molecule has 0 heterocycles. The van der Waals surface area contributed by atoms with Crippen molar-refractivity contribution in [3.8, 4) is 0 Å². The Morgan fingerprint density at radius 3 is 2.44 bits per heavy atom. The van der Waals surface area contributed by atoms with Gasteiger partial charge in [0, 0.05) is 4.90 Å². The standard InChI is InChI=1S/C14H23NS/c1-12(2)10-13(11-15)8-9-16-14-6-4-3-5-7-14/h3-7,12-13H,8-11,15H2,1-2H3. The van der Waals surface area contributed by atoms with Crippen molar-refractivity contribution in [2.45, 2.75) is 31.6 Å². The summed E-state index contributed by atoms with van der Waals surface area (Å²) in [5, 5.41) is 0. The third kappa shape index (κ3) is 5.57. The van der Waals surface area contributed by atoms with Gasteiger partial charge in [0.2, 0.25) is 0 Å². The first-order valence-corrected chi connectivity index (χ1v) is 7.09. The summed E-state index contributed by atoms with van der Waals surface area (Å²) in [6.07, 6.45) is 2.49. The van der Waals surface area contributed by atoms with Gasteiger partial charge in [-0.15, -0.1) is 11.8 Å². The zero-order valence-electron chi connectivity index (χ0n) is 10.4. The summed E-state index contributed by atoms with van der Waals surface area (Å²) in [7, 11) is 0. The highest BCUT2D eigenvalue weighted by Gasteiger charge is 2.08. The first kappa shape index (κ1) is 13.6. The summed E-state index contributed by atoms with van der Waals surface area (Å²) in [5.74, 6) is 2.63. The second-order valence-corrected chi connectivity index (χ2v) is 5.85. The molecule has 2 N–H and O–H groups in total. The van der Waals surface area contributed by atoms with E-state index >= 15 is 0 Å². The molecule has 1 nitrogen and oxygen atoms in total. The molecule has 0 aromatic heterocycles. The minimum absolute atomic E-state index is 0.691. The molecule has 1 rings (SSSR count). The van der Waals surface area contributed by atoms with Gasteiger partial charge < -0.3 is 5.73 Å². The van der Waals surface area contributed by atoms with Crippen molar-refractivity contribution < 1.29 is 0 Å². The molecule has 1 unspecified atom stereocenters. The summed E-state index contributed by atoms with van der Waals surface area (Å²) < 4.78 is 0. The summed E-state index contributed by atoms with van der Waals surface area (Å²) >= 11 is 1.94. The summed E-state index contributed by atoms with van der Waals surface area (Å²) in [6, 6.07) is 10.6. The van der Waals surface area contributed by atoms with Gasteiger partial charge in [0.05, 0.1) is 0 Å². The molecular formula is C14H23NS. The summed E-state index contributed by atoms with van der Waals surface area (Å²) in [4.78, 5) is 1.36. The normalized spacial score (nSPS) is 13.0. The lowest BCUT2D eigenvalue weighted by molar-refractivity contribution is 0.409. The second-order valence-electron chi connectivity index (χ2n) is 4.68. The minimum Gasteiger partial charge on any atom is -0.330 e. The van der Waals surface area contributed by atoms with Crippen molar-refractivity contribution in [3.63, 3.8) is 0 Å². The lowest BCUT2D eigenvalue weighted by atomic mass is 9.95. The lowest BCUT2D eigenvalue weighted by Crippen LogP contribution is -2.17. The Labute approximate surface area is 104 Å². The van der Waals surface area contributed by atoms with Crippen LogP contribution in [0.15, 0.2) is 35.2 Å². The number of rotatable bonds is 7. The summed E-state index contributed by atoms with van der Waals surface area (Å²) in [6.45, 7) is 5.37. The van der Waals surface area contributed by atoms with Gasteiger partial charge >= 0.3 is 0 Å². The Balaban J connectivity index is 2.23. The Kier molecular flexibility index (Phi) is 6.58. The van der Waals surface area contributed by atoms with Crippen LogP contribution in [0.5, 0.6) is 0 Å². The Morgan fingerprint density at radius 2 is 1.88 bits per heavy atom. The molecule has 90 valence electrons. The van der Waals surface area contributed by atoms with Crippen LogP contribution in [0.1, 0.15) is 26.7 Å². The highest BCUT2D eigenvalue weighted by atomic mass is 32.2. The van der Waals surface area contributed by atoms with Gasteiger partial charge in [0.15, 0.2) is 0 Å². The van der Waals surface area contributed by atoms with Crippen LogP contribution in [0.25, 0.3) is 0 Å². The van der Waals surface area contributed by atoms with E-state index in [-0.39, 0.29) is 0 Å². The van der Waals surface area contributed by atoms with E-state index in [1.165, 1.54) is 23.5 Å². The van der Waals surface area contributed by atoms with Crippen LogP contribution < -0.4 is 5.73 Å². The molecule has 1 aromatic rings. The molecule has 16 heavy (non-hydrogen) atoms. The van der Waals surface area contributed by atoms with E-state index in [1.54, 1.807) is 0 Å². The molecule has 0 saturated carbocycles. The molecule has 0 spiro atoms. The predicted octanol–water partition coefficient (Wildman–Crippen LogP) is 3.79. The Morgan fingerprint density at radius 1 is 1.19 bits per heavy atom. The molecule has 0 aliphatic rings. The fourth-order valence-corrected chi connectivity index (χ4v) is 2.90. The van der Waals surface area contributed by atoms with Gasteiger partial charge in [0.25, 0.3) is 0 Å². The van der Waals surface area contributed by atoms with E-state index < -0.39 is 0 Å². The van der Waals surface area contributed by atoms with Crippen LogP contribution in [0.4, 0.5) is 0 Å². The van der Waals surface area contributed by atoms with Crippen LogP contribution in [0, 0.1) is 11.8 Å². The Bertz CT molecular complexity index is 271. The molecule has 0 fully saturated rings. The predicted molar refractivity (Wildman–Crippen MR) is 73.8 cm³/mol. The maximum atomic E-state index is 5.79. The average Bonchev–Trinajstić information content (AvgIpc) is 2.28. The fourth-order valence-electron chi connectivity index (χ4n) is 1.86. The van der Waals surface area contributed by atoms with Gasteiger partial charge in [-0.3, -0.25) is 0 Å². The van der Waals surface area contributed by atoms with Crippen LogP contribution in [-0.2, 0) is 0 Å². The van der Waals surface area contributed by atoms with Gasteiger partial charge in [-0.2, -0.15) is 0 Å². The quantitative estimate of drug-likeness (QED) is 0.730. The van der Waals surface area contributed by atoms with Crippen LogP contribution in [-0.4, -0.2) is 12.3 Å². The van der Waals surface area contributed by atoms with Crippen molar-refractivity contribution in [1.29, 1.82) is 0 Å². The van der Waals surface area contributed by atoms with E-state index in [9.17, 15) is 0 Å². The van der Waals surface area contributed by atoms with Crippen molar-refractivity contribution in [3.05, 3.63) is 30.3 Å². The Hall–Kier alpha value is -0.470. The van der Waals surface area contributed by atoms with Crippen molar-refractivity contribution in [2.75, 3.05) is 12.3 Å². The second kappa shape index (κ2) is 7.75. The van der Waals surface area contributed by atoms with Crippen LogP contribution in [0.3, 0.4) is 0 Å². The average molecular weight is 237 g/mol. The molecular weight excluding hydrogens is 214 g/mol. The molecule has 2 heteroatoms. The number of benzene rings is 1. The minimum atomic E-state index is 0.691. The van der Waals surface area contributed by atoms with Gasteiger partial charge in [-0.1, -0.05) is 32.0 Å². The number of thioether (sulfide) groups is 1. The van der Waals surface area contributed by atoms with E-state index in [4.69, 9.17) is 5.73 Å². The first-order valence-electron chi connectivity index (χ1n) is 6.10. The van der Waals surface area contributed by atoms with Crippen molar-refractivity contribution >= 4 is 11.8 Å². The SMILES string of the molecule is CC(C)CC(CN)CCSc1ccccc1. The van der Waals surface area contributed by atoms with Crippen molar-refractivity contribution in [1.82, 2.24) is 0 Å². The van der Waals surface area contributed by atoms with E-state index in [0.717, 1.165) is 12.5 Å².